The van der Waals surface area contributed by atoms with E-state index in [1.54, 1.807) is 0 Å². The van der Waals surface area contributed by atoms with Gasteiger partial charge in [0, 0.05) is 12.8 Å². The molecule has 0 bridgehead atoms. The highest BCUT2D eigenvalue weighted by Gasteiger charge is 2.45. The first-order chi connectivity index (χ1) is 8.70. The Balaban J connectivity index is 2.90. The third-order valence-corrected chi connectivity index (χ3v) is 12.3. The van der Waals surface area contributed by atoms with Crippen molar-refractivity contribution in [2.75, 3.05) is 0 Å². The first-order valence-corrected chi connectivity index (χ1v) is 11.3. The van der Waals surface area contributed by atoms with Crippen LogP contribution in [-0.4, -0.2) is 13.9 Å². The molecule has 1 rings (SSSR count). The van der Waals surface area contributed by atoms with E-state index in [-0.39, 0.29) is 0 Å². The zero-order valence-corrected chi connectivity index (χ0v) is 15.0. The molecule has 0 heterocycles. The van der Waals surface area contributed by atoms with Crippen LogP contribution in [0.5, 0.6) is 0 Å². The van der Waals surface area contributed by atoms with E-state index < -0.39 is 8.07 Å². The fourth-order valence-electron chi connectivity index (χ4n) is 3.57. The van der Waals surface area contributed by atoms with Crippen molar-refractivity contribution in [2.24, 2.45) is 5.92 Å². The number of Topliss-reactive ketones (excluding diaryl/α,β-unsaturated/α-hetero) is 1. The topological polar surface area (TPSA) is 17.1 Å². The van der Waals surface area contributed by atoms with Crippen LogP contribution in [0.3, 0.4) is 0 Å². The summed E-state index contributed by atoms with van der Waals surface area (Å²) in [4.78, 5) is 11.8. The molecule has 2 atom stereocenters. The normalized spacial score (nSPS) is 23.5. The molecule has 0 N–H and O–H groups in total. The van der Waals surface area contributed by atoms with Crippen molar-refractivity contribution in [3.8, 4) is 0 Å². The number of carbonyl (C=O) groups is 1. The minimum absolute atomic E-state index is 0.436. The molecule has 0 aliphatic heterocycles. The van der Waals surface area contributed by atoms with Crippen LogP contribution in [0.4, 0.5) is 0 Å². The van der Waals surface area contributed by atoms with Gasteiger partial charge in [-0.05, 0) is 29.3 Å². The lowest BCUT2D eigenvalue weighted by Gasteiger charge is -2.47. The van der Waals surface area contributed by atoms with E-state index >= 15 is 0 Å². The third kappa shape index (κ3) is 4.17. The van der Waals surface area contributed by atoms with Crippen molar-refractivity contribution in [1.82, 2.24) is 0 Å². The van der Waals surface area contributed by atoms with Gasteiger partial charge in [-0.1, -0.05) is 60.1 Å². The zero-order chi connectivity index (χ0) is 14.7. The fourth-order valence-corrected chi connectivity index (χ4v) is 7.07. The molecular weight excluding hydrogens is 248 g/mol. The Labute approximate surface area is 121 Å². The number of rotatable bonds is 5. The van der Waals surface area contributed by atoms with Crippen molar-refractivity contribution in [3.05, 3.63) is 0 Å². The molecule has 112 valence electrons. The molecule has 2 heteroatoms. The second-order valence-electron chi connectivity index (χ2n) is 8.12. The fraction of sp³-hybridized carbons (Fsp3) is 0.941. The lowest BCUT2D eigenvalue weighted by Crippen LogP contribution is -2.46. The van der Waals surface area contributed by atoms with Gasteiger partial charge >= 0.3 is 0 Å². The van der Waals surface area contributed by atoms with Gasteiger partial charge in [0.05, 0.1) is 8.07 Å². The Morgan fingerprint density at radius 1 is 1.32 bits per heavy atom. The molecule has 1 nitrogen and oxygen atoms in total. The van der Waals surface area contributed by atoms with Crippen LogP contribution in [0.25, 0.3) is 0 Å². The Bertz CT molecular complexity index is 301. The highest BCUT2D eigenvalue weighted by atomic mass is 28.3. The van der Waals surface area contributed by atoms with Gasteiger partial charge in [-0.3, -0.25) is 4.79 Å². The molecule has 0 aromatic heterocycles. The summed E-state index contributed by atoms with van der Waals surface area (Å²) >= 11 is 0. The Kier molecular flexibility index (Phi) is 5.85. The Morgan fingerprint density at radius 3 is 2.42 bits per heavy atom. The summed E-state index contributed by atoms with van der Waals surface area (Å²) in [7, 11) is -1.34. The van der Waals surface area contributed by atoms with Crippen molar-refractivity contribution >= 4 is 13.9 Å². The molecule has 19 heavy (non-hydrogen) atoms. The summed E-state index contributed by atoms with van der Waals surface area (Å²) in [5.41, 5.74) is 0.830. The predicted molar refractivity (Wildman–Crippen MR) is 87.4 cm³/mol. The molecule has 0 aromatic carbocycles. The molecule has 1 saturated carbocycles. The van der Waals surface area contributed by atoms with Gasteiger partial charge < -0.3 is 0 Å². The molecule has 0 saturated heterocycles. The van der Waals surface area contributed by atoms with Crippen molar-refractivity contribution in [3.63, 3.8) is 0 Å². The van der Waals surface area contributed by atoms with Crippen LogP contribution in [0.15, 0.2) is 0 Å². The van der Waals surface area contributed by atoms with Gasteiger partial charge in [-0.2, -0.15) is 0 Å². The Hall–Kier alpha value is -0.113. The molecular formula is C17H34OSi. The third-order valence-electron chi connectivity index (χ3n) is 5.82. The molecule has 1 aliphatic rings. The molecule has 1 aliphatic carbocycles. The molecule has 0 spiro atoms. The second-order valence-corrected chi connectivity index (χ2v) is 13.8. The lowest BCUT2D eigenvalue weighted by molar-refractivity contribution is -0.121. The van der Waals surface area contributed by atoms with Crippen LogP contribution in [-0.2, 0) is 4.79 Å². The Morgan fingerprint density at radius 2 is 1.95 bits per heavy atom. The van der Waals surface area contributed by atoms with Gasteiger partial charge in [0.25, 0.3) is 0 Å². The second kappa shape index (κ2) is 6.56. The smallest absolute Gasteiger partial charge is 0.133 e. The molecule has 2 unspecified atom stereocenters. The van der Waals surface area contributed by atoms with E-state index in [0.29, 0.717) is 16.7 Å². The maximum Gasteiger partial charge on any atom is 0.133 e. The van der Waals surface area contributed by atoms with Crippen LogP contribution in [0.1, 0.15) is 72.6 Å². The summed E-state index contributed by atoms with van der Waals surface area (Å²) in [6.07, 6.45) is 8.13. The van der Waals surface area contributed by atoms with Gasteiger partial charge in [-0.25, -0.2) is 0 Å². The van der Waals surface area contributed by atoms with E-state index in [4.69, 9.17) is 0 Å². The van der Waals surface area contributed by atoms with E-state index in [0.717, 1.165) is 24.8 Å². The zero-order valence-electron chi connectivity index (χ0n) is 14.0. The van der Waals surface area contributed by atoms with E-state index in [1.165, 1.54) is 25.7 Å². The molecule has 0 amide bonds. The molecule has 1 fully saturated rings. The van der Waals surface area contributed by atoms with Gasteiger partial charge in [0.15, 0.2) is 0 Å². The number of ketones is 1. The summed E-state index contributed by atoms with van der Waals surface area (Å²) in [5.74, 6) is 1.21. The van der Waals surface area contributed by atoms with Crippen molar-refractivity contribution in [1.29, 1.82) is 0 Å². The lowest BCUT2D eigenvalue weighted by atomic mass is 9.84. The van der Waals surface area contributed by atoms with Crippen molar-refractivity contribution < 1.29 is 4.79 Å². The predicted octanol–water partition coefficient (Wildman–Crippen LogP) is 5.81. The van der Waals surface area contributed by atoms with E-state index in [9.17, 15) is 4.79 Å². The molecule has 0 radical (unpaired) electrons. The van der Waals surface area contributed by atoms with Crippen LogP contribution in [0, 0.1) is 5.92 Å². The van der Waals surface area contributed by atoms with Crippen molar-refractivity contribution in [2.45, 2.75) is 96.3 Å². The number of unbranched alkanes of at least 4 members (excludes halogenated alkanes) is 1. The van der Waals surface area contributed by atoms with Gasteiger partial charge in [0.1, 0.15) is 5.78 Å². The standard InChI is InChI=1S/C17H34OSi/c1-7-8-12-16(19(5,6)17(2,3)4)14-10-9-11-15(18)13-14/h14,16H,7-13H2,1-6H3. The minimum Gasteiger partial charge on any atom is -0.300 e. The van der Waals surface area contributed by atoms with E-state index in [2.05, 4.69) is 40.8 Å². The first-order valence-electron chi connectivity index (χ1n) is 8.22. The summed E-state index contributed by atoms with van der Waals surface area (Å²) in [6, 6.07) is 0. The van der Waals surface area contributed by atoms with Crippen LogP contribution >= 0.6 is 0 Å². The molecule has 0 aromatic rings. The van der Waals surface area contributed by atoms with E-state index in [1.807, 2.05) is 0 Å². The minimum atomic E-state index is -1.34. The largest absolute Gasteiger partial charge is 0.300 e. The average molecular weight is 283 g/mol. The number of hydrogen-bond donors (Lipinski definition) is 0. The number of carbonyl (C=O) groups excluding carboxylic acids is 1. The van der Waals surface area contributed by atoms with Crippen LogP contribution in [0.2, 0.25) is 23.7 Å². The maximum absolute atomic E-state index is 11.8. The first kappa shape index (κ1) is 16.9. The quantitative estimate of drug-likeness (QED) is 0.581. The summed E-state index contributed by atoms with van der Waals surface area (Å²) in [6.45, 7) is 14.7. The maximum atomic E-state index is 11.8. The monoisotopic (exact) mass is 282 g/mol. The number of hydrogen-bond acceptors (Lipinski definition) is 1. The average Bonchev–Trinajstić information content (AvgIpc) is 2.28. The summed E-state index contributed by atoms with van der Waals surface area (Å²) < 4.78 is 0. The van der Waals surface area contributed by atoms with Crippen LogP contribution < -0.4 is 0 Å². The van der Waals surface area contributed by atoms with Gasteiger partial charge in [-0.15, -0.1) is 0 Å². The highest BCUT2D eigenvalue weighted by molar-refractivity contribution is 6.81. The van der Waals surface area contributed by atoms with Gasteiger partial charge in [0.2, 0.25) is 0 Å². The summed E-state index contributed by atoms with van der Waals surface area (Å²) in [5, 5.41) is 0.436. The SMILES string of the molecule is CCCCC(C1CCCC(=O)C1)[Si](C)(C)C(C)(C)C. The highest BCUT2D eigenvalue weighted by Crippen LogP contribution is 2.51.